The van der Waals surface area contributed by atoms with Gasteiger partial charge in [-0.05, 0) is 54.8 Å². The number of hydrogen-bond acceptors (Lipinski definition) is 7. The van der Waals surface area contributed by atoms with Crippen LogP contribution in [-0.4, -0.2) is 37.7 Å². The van der Waals surface area contributed by atoms with Crippen molar-refractivity contribution in [1.29, 1.82) is 0 Å². The zero-order valence-corrected chi connectivity index (χ0v) is 19.0. The lowest BCUT2D eigenvalue weighted by molar-refractivity contribution is 0.0371. The first-order valence-electron chi connectivity index (χ1n) is 10.7. The minimum atomic E-state index is -0.432. The van der Waals surface area contributed by atoms with E-state index in [0.29, 0.717) is 29.4 Å². The smallest absolute Gasteiger partial charge is 0.344 e. The Morgan fingerprint density at radius 3 is 2.42 bits per heavy atom. The molecule has 33 heavy (non-hydrogen) atoms. The van der Waals surface area contributed by atoms with E-state index in [0.717, 1.165) is 27.9 Å². The third-order valence-electron chi connectivity index (χ3n) is 5.03. The first-order valence-corrected chi connectivity index (χ1v) is 10.7. The second-order valence-corrected chi connectivity index (χ2v) is 7.96. The number of esters is 1. The largest absolute Gasteiger partial charge is 0.488 e. The molecule has 0 atom stereocenters. The van der Waals surface area contributed by atoms with E-state index in [4.69, 9.17) is 9.47 Å². The maximum absolute atomic E-state index is 12.6. The molecule has 2 aromatic carbocycles. The number of benzene rings is 2. The van der Waals surface area contributed by atoms with Crippen molar-refractivity contribution in [3.63, 3.8) is 0 Å². The first-order chi connectivity index (χ1) is 15.9. The number of aromatic nitrogens is 5. The number of nitrogens with one attached hydrogen (secondary N) is 1. The molecule has 8 heteroatoms. The number of ether oxygens (including phenoxy) is 2. The Morgan fingerprint density at radius 1 is 1.03 bits per heavy atom. The molecule has 168 valence electrons. The van der Waals surface area contributed by atoms with Gasteiger partial charge in [-0.3, -0.25) is 4.98 Å². The normalized spacial score (nSPS) is 10.9. The van der Waals surface area contributed by atoms with Crippen LogP contribution in [0.2, 0.25) is 0 Å². The maximum Gasteiger partial charge on any atom is 0.344 e. The number of carbonyl (C=O) groups excluding carboxylic acids is 1. The predicted octanol–water partition coefficient (Wildman–Crippen LogP) is 4.69. The molecule has 0 unspecified atom stereocenters. The Kier molecular flexibility index (Phi) is 6.44. The van der Waals surface area contributed by atoms with Crippen LogP contribution in [0.15, 0.2) is 54.6 Å². The maximum atomic E-state index is 12.6. The predicted molar refractivity (Wildman–Crippen MR) is 124 cm³/mol. The van der Waals surface area contributed by atoms with E-state index < -0.39 is 5.97 Å². The molecule has 0 spiro atoms. The van der Waals surface area contributed by atoms with Crippen molar-refractivity contribution >= 4 is 5.97 Å². The SMILES string of the molecule is Cc1cc(OCc2ccc(-c3ccccc3-c3nnn[nH]3)cc2)c(C(=O)OC(C)C)c(C)n1. The lowest BCUT2D eigenvalue weighted by Crippen LogP contribution is -2.15. The molecular weight excluding hydrogens is 418 g/mol. The van der Waals surface area contributed by atoms with Gasteiger partial charge < -0.3 is 9.47 Å². The molecule has 4 aromatic rings. The zero-order chi connectivity index (χ0) is 23.4. The van der Waals surface area contributed by atoms with E-state index in [-0.39, 0.29) is 6.10 Å². The van der Waals surface area contributed by atoms with Gasteiger partial charge in [0.25, 0.3) is 0 Å². The number of aryl methyl sites for hydroxylation is 2. The van der Waals surface area contributed by atoms with E-state index in [1.807, 2.05) is 69.3 Å². The molecule has 0 aliphatic heterocycles. The van der Waals surface area contributed by atoms with Crippen molar-refractivity contribution in [2.24, 2.45) is 0 Å². The fraction of sp³-hybridized carbons (Fsp3) is 0.240. The molecule has 0 amide bonds. The highest BCUT2D eigenvalue weighted by molar-refractivity contribution is 5.93. The Balaban J connectivity index is 1.55. The van der Waals surface area contributed by atoms with Crippen LogP contribution in [-0.2, 0) is 11.3 Å². The van der Waals surface area contributed by atoms with Gasteiger partial charge in [0.1, 0.15) is 17.9 Å². The molecule has 0 aliphatic carbocycles. The van der Waals surface area contributed by atoms with Gasteiger partial charge in [-0.25, -0.2) is 9.89 Å². The van der Waals surface area contributed by atoms with Crippen LogP contribution in [0.25, 0.3) is 22.5 Å². The van der Waals surface area contributed by atoms with E-state index in [1.54, 1.807) is 13.0 Å². The molecule has 1 N–H and O–H groups in total. The summed E-state index contributed by atoms with van der Waals surface area (Å²) in [5.74, 6) is 0.652. The fourth-order valence-corrected chi connectivity index (χ4v) is 3.58. The summed E-state index contributed by atoms with van der Waals surface area (Å²) in [5.41, 5.74) is 5.66. The van der Waals surface area contributed by atoms with Crippen LogP contribution < -0.4 is 4.74 Å². The molecule has 8 nitrogen and oxygen atoms in total. The number of rotatable bonds is 7. The van der Waals surface area contributed by atoms with Gasteiger partial charge >= 0.3 is 5.97 Å². The molecule has 4 rings (SSSR count). The second kappa shape index (κ2) is 9.60. The standard InChI is InChI=1S/C25H25N5O3/c1-15(2)33-25(31)23-17(4)26-16(3)13-22(23)32-14-18-9-11-19(12-10-18)20-7-5-6-8-21(20)24-27-29-30-28-24/h5-13,15H,14H2,1-4H3,(H,27,28,29,30). The van der Waals surface area contributed by atoms with Gasteiger partial charge in [-0.15, -0.1) is 5.10 Å². The zero-order valence-electron chi connectivity index (χ0n) is 19.0. The molecule has 0 saturated carbocycles. The van der Waals surface area contributed by atoms with Crippen molar-refractivity contribution < 1.29 is 14.3 Å². The fourth-order valence-electron chi connectivity index (χ4n) is 3.58. The Morgan fingerprint density at radius 2 is 1.76 bits per heavy atom. The lowest BCUT2D eigenvalue weighted by Gasteiger charge is -2.15. The van der Waals surface area contributed by atoms with Crippen LogP contribution in [0.4, 0.5) is 0 Å². The molecule has 0 saturated heterocycles. The summed E-state index contributed by atoms with van der Waals surface area (Å²) in [7, 11) is 0. The van der Waals surface area contributed by atoms with Crippen LogP contribution in [0.3, 0.4) is 0 Å². The van der Waals surface area contributed by atoms with Crippen LogP contribution in [0.5, 0.6) is 5.75 Å². The van der Waals surface area contributed by atoms with Crippen molar-refractivity contribution in [1.82, 2.24) is 25.6 Å². The van der Waals surface area contributed by atoms with Gasteiger partial charge in [-0.1, -0.05) is 48.5 Å². The lowest BCUT2D eigenvalue weighted by atomic mass is 9.98. The van der Waals surface area contributed by atoms with E-state index >= 15 is 0 Å². The Labute approximate surface area is 192 Å². The van der Waals surface area contributed by atoms with Gasteiger partial charge in [0.05, 0.1) is 11.8 Å². The van der Waals surface area contributed by atoms with Crippen LogP contribution >= 0.6 is 0 Å². The van der Waals surface area contributed by atoms with Crippen molar-refractivity contribution in [3.8, 4) is 28.3 Å². The van der Waals surface area contributed by atoms with Gasteiger partial charge in [0.2, 0.25) is 0 Å². The average Bonchev–Trinajstić information content (AvgIpc) is 3.32. The third-order valence-corrected chi connectivity index (χ3v) is 5.03. The minimum Gasteiger partial charge on any atom is -0.488 e. The molecule has 0 radical (unpaired) electrons. The summed E-state index contributed by atoms with van der Waals surface area (Å²) in [4.78, 5) is 17.0. The van der Waals surface area contributed by atoms with E-state index in [2.05, 4.69) is 25.6 Å². The average molecular weight is 444 g/mol. The van der Waals surface area contributed by atoms with Gasteiger partial charge in [0, 0.05) is 17.3 Å². The highest BCUT2D eigenvalue weighted by Crippen LogP contribution is 2.30. The summed E-state index contributed by atoms with van der Waals surface area (Å²) < 4.78 is 11.4. The van der Waals surface area contributed by atoms with Gasteiger partial charge in [0.15, 0.2) is 5.82 Å². The summed E-state index contributed by atoms with van der Waals surface area (Å²) in [6, 6.07) is 17.7. The number of tetrazole rings is 1. The molecule has 0 bridgehead atoms. The Hall–Kier alpha value is -4.07. The second-order valence-electron chi connectivity index (χ2n) is 7.96. The van der Waals surface area contributed by atoms with Crippen molar-refractivity contribution in [3.05, 3.63) is 77.1 Å². The molecular formula is C25H25N5O3. The molecule has 2 aromatic heterocycles. The van der Waals surface area contributed by atoms with Crippen LogP contribution in [0.1, 0.15) is 41.2 Å². The highest BCUT2D eigenvalue weighted by Gasteiger charge is 2.20. The monoisotopic (exact) mass is 443 g/mol. The summed E-state index contributed by atoms with van der Waals surface area (Å²) >= 11 is 0. The molecule has 0 aliphatic rings. The van der Waals surface area contributed by atoms with Crippen molar-refractivity contribution in [2.45, 2.75) is 40.4 Å². The van der Waals surface area contributed by atoms with Crippen molar-refractivity contribution in [2.75, 3.05) is 0 Å². The number of H-pyrrole nitrogens is 1. The Bertz CT molecular complexity index is 1250. The first kappa shape index (κ1) is 22.1. The number of carbonyl (C=O) groups is 1. The topological polar surface area (TPSA) is 103 Å². The number of aromatic amines is 1. The number of hydrogen-bond donors (Lipinski definition) is 1. The van der Waals surface area contributed by atoms with E-state index in [9.17, 15) is 4.79 Å². The van der Waals surface area contributed by atoms with E-state index in [1.165, 1.54) is 0 Å². The highest BCUT2D eigenvalue weighted by atomic mass is 16.5. The minimum absolute atomic E-state index is 0.228. The van der Waals surface area contributed by atoms with Crippen LogP contribution in [0, 0.1) is 13.8 Å². The summed E-state index contributed by atoms with van der Waals surface area (Å²) in [5, 5.41) is 14.2. The number of nitrogens with zero attached hydrogens (tertiary/aromatic N) is 4. The molecule has 0 fully saturated rings. The van der Waals surface area contributed by atoms with Gasteiger partial charge in [-0.2, -0.15) is 0 Å². The third kappa shape index (κ3) is 5.06. The summed E-state index contributed by atoms with van der Waals surface area (Å²) in [6.45, 7) is 7.58. The quantitative estimate of drug-likeness (QED) is 0.413. The number of pyridine rings is 1. The summed E-state index contributed by atoms with van der Waals surface area (Å²) in [6.07, 6.45) is -0.228. The molecule has 2 heterocycles.